The van der Waals surface area contributed by atoms with Gasteiger partial charge in [0.25, 0.3) is 0 Å². The first kappa shape index (κ1) is 14.9. The van der Waals surface area contributed by atoms with Crippen LogP contribution in [0.3, 0.4) is 0 Å². The van der Waals surface area contributed by atoms with Crippen molar-refractivity contribution in [3.63, 3.8) is 0 Å². The predicted molar refractivity (Wildman–Crippen MR) is 61.0 cm³/mol. The number of benzene rings is 1. The molecule has 0 saturated carbocycles. The van der Waals surface area contributed by atoms with Crippen LogP contribution in [0.15, 0.2) is 30.3 Å². The van der Waals surface area contributed by atoms with Gasteiger partial charge in [0, 0.05) is 6.04 Å². The maximum atomic E-state index is 12.5. The van der Waals surface area contributed by atoms with Crippen LogP contribution in [0.5, 0.6) is 0 Å². The molecule has 3 nitrogen and oxygen atoms in total. The molecule has 3 N–H and O–H groups in total. The normalized spacial score (nSPS) is 13.9. The molecule has 0 aliphatic heterocycles. The average molecular weight is 263 g/mol. The van der Waals surface area contributed by atoms with Gasteiger partial charge in [0.1, 0.15) is 0 Å². The first-order valence-electron chi connectivity index (χ1n) is 5.55. The van der Waals surface area contributed by atoms with Crippen molar-refractivity contribution in [3.05, 3.63) is 35.9 Å². The number of hydrogen-bond donors (Lipinski definition) is 3. The molecule has 0 saturated heterocycles. The molecular formula is C12H16F3NO2. The van der Waals surface area contributed by atoms with Gasteiger partial charge in [-0.1, -0.05) is 30.3 Å². The second-order valence-electron chi connectivity index (χ2n) is 4.01. The second-order valence-corrected chi connectivity index (χ2v) is 4.01. The molecule has 0 bridgehead atoms. The molecule has 0 aromatic heterocycles. The summed E-state index contributed by atoms with van der Waals surface area (Å²) in [6.45, 7) is -0.838. The van der Waals surface area contributed by atoms with E-state index in [0.29, 0.717) is 5.56 Å². The Hall–Kier alpha value is -1.11. The van der Waals surface area contributed by atoms with Crippen LogP contribution >= 0.6 is 0 Å². The van der Waals surface area contributed by atoms with E-state index in [1.807, 2.05) is 0 Å². The Morgan fingerprint density at radius 1 is 1.06 bits per heavy atom. The predicted octanol–water partition coefficient (Wildman–Crippen LogP) is 1.62. The van der Waals surface area contributed by atoms with Gasteiger partial charge in [0.05, 0.1) is 25.7 Å². The summed E-state index contributed by atoms with van der Waals surface area (Å²) in [6.07, 6.45) is -5.36. The van der Waals surface area contributed by atoms with Crippen LogP contribution in [0.1, 0.15) is 18.0 Å². The summed E-state index contributed by atoms with van der Waals surface area (Å²) in [5, 5.41) is 20.4. The van der Waals surface area contributed by atoms with Crippen LogP contribution < -0.4 is 5.32 Å². The topological polar surface area (TPSA) is 52.5 Å². The minimum Gasteiger partial charge on any atom is -0.395 e. The highest BCUT2D eigenvalue weighted by molar-refractivity contribution is 5.19. The van der Waals surface area contributed by atoms with Crippen molar-refractivity contribution in [1.82, 2.24) is 5.32 Å². The van der Waals surface area contributed by atoms with Gasteiger partial charge >= 0.3 is 6.18 Å². The highest BCUT2D eigenvalue weighted by Gasteiger charge is 2.33. The van der Waals surface area contributed by atoms with E-state index in [0.717, 1.165) is 0 Å². The average Bonchev–Trinajstić information content (AvgIpc) is 2.34. The lowest BCUT2D eigenvalue weighted by atomic mass is 10.0. The molecule has 1 unspecified atom stereocenters. The first-order chi connectivity index (χ1) is 8.46. The molecule has 1 aromatic carbocycles. The Bertz CT molecular complexity index is 339. The molecule has 1 rings (SSSR count). The van der Waals surface area contributed by atoms with Gasteiger partial charge in [0.15, 0.2) is 0 Å². The lowest BCUT2D eigenvalue weighted by molar-refractivity contribution is -0.141. The fraction of sp³-hybridized carbons (Fsp3) is 0.500. The van der Waals surface area contributed by atoms with Crippen LogP contribution in [-0.2, 0) is 0 Å². The molecule has 0 heterocycles. The number of aliphatic hydroxyl groups excluding tert-OH is 2. The van der Waals surface area contributed by atoms with E-state index in [9.17, 15) is 13.2 Å². The molecule has 1 atom stereocenters. The van der Waals surface area contributed by atoms with E-state index in [1.54, 1.807) is 30.3 Å². The summed E-state index contributed by atoms with van der Waals surface area (Å²) in [4.78, 5) is 0. The van der Waals surface area contributed by atoms with Crippen molar-refractivity contribution in [1.29, 1.82) is 0 Å². The van der Waals surface area contributed by atoms with Gasteiger partial charge in [-0.3, -0.25) is 0 Å². The third-order valence-corrected chi connectivity index (χ3v) is 2.52. The van der Waals surface area contributed by atoms with Gasteiger partial charge in [-0.05, 0) is 5.56 Å². The molecule has 0 spiro atoms. The number of hydrogen-bond acceptors (Lipinski definition) is 3. The number of aliphatic hydroxyl groups is 2. The number of nitrogens with one attached hydrogen (secondary N) is 1. The molecule has 0 aliphatic carbocycles. The van der Waals surface area contributed by atoms with Crippen molar-refractivity contribution < 1.29 is 23.4 Å². The van der Waals surface area contributed by atoms with Crippen LogP contribution in [0.25, 0.3) is 0 Å². The summed E-state index contributed by atoms with van der Waals surface area (Å²) in [6, 6.07) is 6.42. The van der Waals surface area contributed by atoms with E-state index in [1.165, 1.54) is 0 Å². The highest BCUT2D eigenvalue weighted by atomic mass is 19.4. The molecule has 18 heavy (non-hydrogen) atoms. The van der Waals surface area contributed by atoms with Crippen LogP contribution in [0.4, 0.5) is 13.2 Å². The summed E-state index contributed by atoms with van der Waals surface area (Å²) in [7, 11) is 0. The third kappa shape index (κ3) is 5.03. The number of halogens is 3. The lowest BCUT2D eigenvalue weighted by Crippen LogP contribution is -2.40. The highest BCUT2D eigenvalue weighted by Crippen LogP contribution is 2.29. The standard InChI is InChI=1S/C12H16F3NO2/c13-12(14,15)6-11(16-10(7-17)8-18)9-4-2-1-3-5-9/h1-5,10-11,16-18H,6-8H2. The Kier molecular flexibility index (Phi) is 5.58. The van der Waals surface area contributed by atoms with Crippen molar-refractivity contribution in [2.45, 2.75) is 24.7 Å². The molecule has 0 aliphatic rings. The van der Waals surface area contributed by atoms with E-state index >= 15 is 0 Å². The van der Waals surface area contributed by atoms with Gasteiger partial charge in [-0.15, -0.1) is 0 Å². The molecular weight excluding hydrogens is 247 g/mol. The Labute approximate surface area is 103 Å². The Balaban J connectivity index is 2.82. The molecule has 102 valence electrons. The van der Waals surface area contributed by atoms with Crippen LogP contribution in [-0.4, -0.2) is 35.6 Å². The maximum Gasteiger partial charge on any atom is 0.390 e. The monoisotopic (exact) mass is 263 g/mol. The third-order valence-electron chi connectivity index (χ3n) is 2.52. The molecule has 0 radical (unpaired) electrons. The second kappa shape index (κ2) is 6.72. The molecule has 0 fully saturated rings. The Morgan fingerprint density at radius 3 is 2.06 bits per heavy atom. The molecule has 1 aromatic rings. The first-order valence-corrected chi connectivity index (χ1v) is 5.55. The van der Waals surface area contributed by atoms with E-state index in [4.69, 9.17) is 10.2 Å². The van der Waals surface area contributed by atoms with Crippen molar-refractivity contribution in [2.75, 3.05) is 13.2 Å². The Morgan fingerprint density at radius 2 is 1.61 bits per heavy atom. The van der Waals surface area contributed by atoms with Crippen molar-refractivity contribution in [2.24, 2.45) is 0 Å². The minimum absolute atomic E-state index is 0.419. The van der Waals surface area contributed by atoms with Crippen LogP contribution in [0, 0.1) is 0 Å². The zero-order valence-electron chi connectivity index (χ0n) is 9.69. The number of rotatable bonds is 6. The SMILES string of the molecule is OCC(CO)NC(CC(F)(F)F)c1ccccc1. The number of alkyl halides is 3. The summed E-state index contributed by atoms with van der Waals surface area (Å²) in [5.41, 5.74) is 0.474. The zero-order chi connectivity index (χ0) is 13.6. The minimum atomic E-state index is -4.32. The van der Waals surface area contributed by atoms with Crippen molar-refractivity contribution in [3.8, 4) is 0 Å². The largest absolute Gasteiger partial charge is 0.395 e. The summed E-state index contributed by atoms with van der Waals surface area (Å²) < 4.78 is 37.5. The quantitative estimate of drug-likeness (QED) is 0.731. The van der Waals surface area contributed by atoms with E-state index in [-0.39, 0.29) is 0 Å². The van der Waals surface area contributed by atoms with Gasteiger partial charge in [-0.2, -0.15) is 13.2 Å². The maximum absolute atomic E-state index is 12.5. The van der Waals surface area contributed by atoms with Gasteiger partial charge < -0.3 is 15.5 Å². The van der Waals surface area contributed by atoms with Gasteiger partial charge in [0.2, 0.25) is 0 Å². The lowest BCUT2D eigenvalue weighted by Gasteiger charge is -2.24. The van der Waals surface area contributed by atoms with E-state index in [2.05, 4.69) is 5.32 Å². The zero-order valence-corrected chi connectivity index (χ0v) is 9.69. The van der Waals surface area contributed by atoms with E-state index < -0.39 is 37.9 Å². The van der Waals surface area contributed by atoms with Crippen LogP contribution in [0.2, 0.25) is 0 Å². The molecule has 0 amide bonds. The molecule has 6 heteroatoms. The summed E-state index contributed by atoms with van der Waals surface area (Å²) >= 11 is 0. The fourth-order valence-corrected chi connectivity index (χ4v) is 1.64. The fourth-order valence-electron chi connectivity index (χ4n) is 1.64. The summed E-state index contributed by atoms with van der Waals surface area (Å²) in [5.74, 6) is 0. The van der Waals surface area contributed by atoms with Crippen molar-refractivity contribution >= 4 is 0 Å². The van der Waals surface area contributed by atoms with Gasteiger partial charge in [-0.25, -0.2) is 0 Å². The smallest absolute Gasteiger partial charge is 0.390 e.